The Morgan fingerprint density at radius 1 is 1.21 bits per heavy atom. The summed E-state index contributed by atoms with van der Waals surface area (Å²) in [6.07, 6.45) is 7.95. The molecular formula is C14H12N4S. The van der Waals surface area contributed by atoms with Crippen LogP contribution in [0.3, 0.4) is 0 Å². The third kappa shape index (κ3) is 1.58. The van der Waals surface area contributed by atoms with Gasteiger partial charge in [-0.15, -0.1) is 0 Å². The van der Waals surface area contributed by atoms with E-state index in [0.29, 0.717) is 0 Å². The number of rotatable bonds is 1. The van der Waals surface area contributed by atoms with E-state index in [9.17, 15) is 0 Å². The monoisotopic (exact) mass is 268 g/mol. The van der Waals surface area contributed by atoms with E-state index in [2.05, 4.69) is 20.6 Å². The quantitative estimate of drug-likeness (QED) is 0.502. The maximum Gasteiger partial charge on any atom is 0.187 e. The van der Waals surface area contributed by atoms with E-state index in [1.54, 1.807) is 11.8 Å². The molecule has 0 aliphatic heterocycles. The normalized spacial score (nSPS) is 13.3. The smallest absolute Gasteiger partial charge is 0.187 e. The lowest BCUT2D eigenvalue weighted by atomic mass is 9.98. The summed E-state index contributed by atoms with van der Waals surface area (Å²) in [6.45, 7) is 0. The van der Waals surface area contributed by atoms with Gasteiger partial charge in [0.2, 0.25) is 0 Å². The van der Waals surface area contributed by atoms with Crippen LogP contribution in [0.15, 0.2) is 35.7 Å². The number of fused-ring (bicyclic) bond motifs is 5. The zero-order chi connectivity index (χ0) is 12.8. The molecule has 4 nitrogen and oxygen atoms in total. The molecular weight excluding hydrogens is 256 g/mol. The lowest BCUT2D eigenvalue weighted by molar-refractivity contribution is 0.848. The van der Waals surface area contributed by atoms with Gasteiger partial charge < -0.3 is 0 Å². The van der Waals surface area contributed by atoms with Crippen molar-refractivity contribution in [2.75, 3.05) is 6.26 Å². The summed E-state index contributed by atoms with van der Waals surface area (Å²) in [5.41, 5.74) is 5.53. The molecule has 19 heavy (non-hydrogen) atoms. The minimum atomic E-state index is 0.817. The van der Waals surface area contributed by atoms with Crippen LogP contribution in [-0.2, 0) is 12.8 Å². The van der Waals surface area contributed by atoms with Crippen LogP contribution in [0.5, 0.6) is 0 Å². The van der Waals surface area contributed by atoms with Gasteiger partial charge in [-0.25, -0.2) is 15.0 Å². The van der Waals surface area contributed by atoms with Crippen molar-refractivity contribution in [1.82, 2.24) is 19.4 Å². The Kier molecular flexibility index (Phi) is 2.35. The van der Waals surface area contributed by atoms with Crippen molar-refractivity contribution in [3.8, 4) is 11.4 Å². The Balaban J connectivity index is 2.06. The molecule has 0 unspecified atom stereocenters. The molecule has 3 heterocycles. The fourth-order valence-corrected chi connectivity index (χ4v) is 2.94. The number of nitrogens with zero attached hydrogens (tertiary/aromatic N) is 4. The van der Waals surface area contributed by atoms with E-state index >= 15 is 0 Å². The molecule has 0 amide bonds. The molecule has 1 aliphatic rings. The van der Waals surface area contributed by atoms with E-state index in [1.165, 1.54) is 5.56 Å². The molecule has 0 fully saturated rings. The van der Waals surface area contributed by atoms with Crippen molar-refractivity contribution in [1.29, 1.82) is 0 Å². The van der Waals surface area contributed by atoms with E-state index in [4.69, 9.17) is 4.98 Å². The Bertz CT molecular complexity index is 778. The molecule has 0 atom stereocenters. The van der Waals surface area contributed by atoms with Gasteiger partial charge in [-0.05, 0) is 36.8 Å². The Morgan fingerprint density at radius 2 is 2.16 bits per heavy atom. The van der Waals surface area contributed by atoms with Crippen molar-refractivity contribution >= 4 is 17.4 Å². The Morgan fingerprint density at radius 3 is 3.05 bits per heavy atom. The van der Waals surface area contributed by atoms with E-state index in [-0.39, 0.29) is 0 Å². The predicted molar refractivity (Wildman–Crippen MR) is 75.4 cm³/mol. The predicted octanol–water partition coefficient (Wildman–Crippen LogP) is 2.61. The summed E-state index contributed by atoms with van der Waals surface area (Å²) < 4.78 is 2.13. The maximum atomic E-state index is 4.70. The minimum Gasteiger partial charge on any atom is -0.298 e. The highest BCUT2D eigenvalue weighted by Crippen LogP contribution is 2.32. The SMILES string of the molecule is CSc1ncc2c(n1)-c1c(nc3ccccn13)CC2. The van der Waals surface area contributed by atoms with Crippen LogP contribution in [-0.4, -0.2) is 25.6 Å². The third-order valence-corrected chi connectivity index (χ3v) is 4.04. The van der Waals surface area contributed by atoms with E-state index in [0.717, 1.165) is 40.7 Å². The fraction of sp³-hybridized carbons (Fsp3) is 0.214. The molecule has 0 saturated carbocycles. The first-order chi connectivity index (χ1) is 9.36. The van der Waals surface area contributed by atoms with Gasteiger partial charge in [-0.3, -0.25) is 4.40 Å². The molecule has 0 N–H and O–H groups in total. The second-order valence-corrected chi connectivity index (χ2v) is 5.34. The van der Waals surface area contributed by atoms with Crippen LogP contribution >= 0.6 is 11.8 Å². The first-order valence-corrected chi connectivity index (χ1v) is 7.45. The standard InChI is InChI=1S/C14H12N4S/c1-19-14-15-8-9-5-6-10-13(12(9)17-14)18-7-3-2-4-11(18)16-10/h2-4,7-8H,5-6H2,1H3. The molecule has 0 radical (unpaired) electrons. The number of aromatic nitrogens is 4. The lowest BCUT2D eigenvalue weighted by Crippen LogP contribution is -2.08. The van der Waals surface area contributed by atoms with Gasteiger partial charge in [0.25, 0.3) is 0 Å². The van der Waals surface area contributed by atoms with E-state index in [1.807, 2.05) is 30.7 Å². The van der Waals surface area contributed by atoms with Gasteiger partial charge in [0.05, 0.1) is 17.1 Å². The van der Waals surface area contributed by atoms with Crippen molar-refractivity contribution in [2.24, 2.45) is 0 Å². The molecule has 3 aromatic heterocycles. The number of thioether (sulfide) groups is 1. The molecule has 0 saturated heterocycles. The highest BCUT2D eigenvalue weighted by atomic mass is 32.2. The van der Waals surface area contributed by atoms with Crippen molar-refractivity contribution in [3.05, 3.63) is 41.9 Å². The number of pyridine rings is 1. The molecule has 94 valence electrons. The molecule has 4 rings (SSSR count). The maximum absolute atomic E-state index is 4.70. The molecule has 1 aliphatic carbocycles. The summed E-state index contributed by atoms with van der Waals surface area (Å²) >= 11 is 1.57. The minimum absolute atomic E-state index is 0.817. The highest BCUT2D eigenvalue weighted by Gasteiger charge is 2.23. The first kappa shape index (κ1) is 11.0. The summed E-state index contributed by atoms with van der Waals surface area (Å²) in [6, 6.07) is 6.08. The lowest BCUT2D eigenvalue weighted by Gasteiger charge is -2.15. The summed E-state index contributed by atoms with van der Waals surface area (Å²) in [7, 11) is 0. The second-order valence-electron chi connectivity index (χ2n) is 4.57. The molecule has 0 bridgehead atoms. The second kappa shape index (κ2) is 4.06. The average Bonchev–Trinajstić information content (AvgIpc) is 2.85. The van der Waals surface area contributed by atoms with Crippen LogP contribution in [0.1, 0.15) is 11.3 Å². The van der Waals surface area contributed by atoms with Crippen LogP contribution in [0.4, 0.5) is 0 Å². The molecule has 0 spiro atoms. The molecule has 0 aromatic carbocycles. The topological polar surface area (TPSA) is 43.1 Å². The van der Waals surface area contributed by atoms with Gasteiger partial charge in [0.15, 0.2) is 5.16 Å². The molecule has 5 heteroatoms. The van der Waals surface area contributed by atoms with Crippen molar-refractivity contribution < 1.29 is 0 Å². The zero-order valence-electron chi connectivity index (χ0n) is 10.5. The van der Waals surface area contributed by atoms with Crippen molar-refractivity contribution in [3.63, 3.8) is 0 Å². The van der Waals surface area contributed by atoms with Gasteiger partial charge in [0.1, 0.15) is 5.65 Å². The largest absolute Gasteiger partial charge is 0.298 e. The zero-order valence-corrected chi connectivity index (χ0v) is 11.3. The van der Waals surface area contributed by atoms with Gasteiger partial charge in [0, 0.05) is 12.4 Å². The van der Waals surface area contributed by atoms with Crippen LogP contribution in [0.2, 0.25) is 0 Å². The van der Waals surface area contributed by atoms with Crippen LogP contribution in [0.25, 0.3) is 17.0 Å². The summed E-state index contributed by atoms with van der Waals surface area (Å²) in [4.78, 5) is 13.8. The van der Waals surface area contributed by atoms with Gasteiger partial charge in [-0.1, -0.05) is 17.8 Å². The summed E-state index contributed by atoms with van der Waals surface area (Å²) in [5.74, 6) is 0. The van der Waals surface area contributed by atoms with Gasteiger partial charge >= 0.3 is 0 Å². The average molecular weight is 268 g/mol. The van der Waals surface area contributed by atoms with Crippen molar-refractivity contribution in [2.45, 2.75) is 18.0 Å². The highest BCUT2D eigenvalue weighted by molar-refractivity contribution is 7.98. The van der Waals surface area contributed by atoms with Crippen LogP contribution in [0, 0.1) is 0 Å². The van der Waals surface area contributed by atoms with E-state index < -0.39 is 0 Å². The molecule has 3 aromatic rings. The number of aryl methyl sites for hydroxylation is 2. The fourth-order valence-electron chi connectivity index (χ4n) is 2.60. The summed E-state index contributed by atoms with van der Waals surface area (Å²) in [5, 5.41) is 0.817. The number of hydrogen-bond donors (Lipinski definition) is 0. The Hall–Kier alpha value is -1.88. The Labute approximate surface area is 114 Å². The first-order valence-electron chi connectivity index (χ1n) is 6.23. The third-order valence-electron chi connectivity index (χ3n) is 3.48. The number of hydrogen-bond acceptors (Lipinski definition) is 4. The number of imidazole rings is 1. The van der Waals surface area contributed by atoms with Gasteiger partial charge in [-0.2, -0.15) is 0 Å². The van der Waals surface area contributed by atoms with Crippen LogP contribution < -0.4 is 0 Å².